The van der Waals surface area contributed by atoms with Gasteiger partial charge in [0.1, 0.15) is 11.6 Å². The van der Waals surface area contributed by atoms with Crippen molar-refractivity contribution in [2.75, 3.05) is 36.0 Å². The molecule has 2 aromatic rings. The Bertz CT molecular complexity index is 1350. The first-order chi connectivity index (χ1) is 19.8. The molecule has 3 aliphatic heterocycles. The summed E-state index contributed by atoms with van der Waals surface area (Å²) in [5.74, 6) is -2.65. The molecule has 0 aliphatic carbocycles. The topological polar surface area (TPSA) is 90.4 Å². The van der Waals surface area contributed by atoms with Crippen LogP contribution in [0.1, 0.15) is 26.2 Å². The van der Waals surface area contributed by atoms with E-state index in [1.54, 1.807) is 41.3 Å². The molecule has 216 valence electrons. The number of β-amino-alcohol motifs (C(OH)–C–C–N with tert-alkyl or cyclic N) is 1. The third-order valence-corrected chi connectivity index (χ3v) is 9.21. The van der Waals surface area contributed by atoms with Gasteiger partial charge in [0, 0.05) is 25.3 Å². The van der Waals surface area contributed by atoms with E-state index in [0.717, 1.165) is 0 Å². The lowest BCUT2D eigenvalue weighted by molar-refractivity contribution is -0.146. The number of hydrogen-bond acceptors (Lipinski definition) is 5. The molecule has 5 atom stereocenters. The molecule has 5 rings (SSSR count). The number of aliphatic hydroxyl groups is 1. The van der Waals surface area contributed by atoms with Crippen LogP contribution in [0.15, 0.2) is 79.9 Å². The molecule has 2 unspecified atom stereocenters. The monoisotopic (exact) mass is 577 g/mol. The Morgan fingerprint density at radius 1 is 1.05 bits per heavy atom. The van der Waals surface area contributed by atoms with Crippen molar-refractivity contribution >= 4 is 40.7 Å². The van der Waals surface area contributed by atoms with Gasteiger partial charge in [-0.05, 0) is 43.5 Å². The lowest BCUT2D eigenvalue weighted by atomic mass is 9.64. The van der Waals surface area contributed by atoms with Crippen LogP contribution in [0.25, 0.3) is 0 Å². The first-order valence-electron chi connectivity index (χ1n) is 14.1. The van der Waals surface area contributed by atoms with Crippen molar-refractivity contribution < 1.29 is 24.2 Å². The molecule has 8 nitrogen and oxygen atoms in total. The van der Waals surface area contributed by atoms with Gasteiger partial charge in [-0.3, -0.25) is 14.4 Å². The third-order valence-electron chi connectivity index (χ3n) is 8.89. The predicted molar refractivity (Wildman–Crippen MR) is 159 cm³/mol. The summed E-state index contributed by atoms with van der Waals surface area (Å²) in [6.07, 6.45) is 4.74. The largest absolute Gasteiger partial charge is 0.395 e. The number of halogens is 1. The summed E-state index contributed by atoms with van der Waals surface area (Å²) in [6.45, 7) is 9.65. The number of carbonyl (C=O) groups excluding carboxylic acids is 3. The van der Waals surface area contributed by atoms with Gasteiger partial charge in [-0.25, -0.2) is 0 Å². The van der Waals surface area contributed by atoms with Crippen LogP contribution < -0.4 is 9.80 Å². The zero-order valence-corrected chi connectivity index (χ0v) is 24.0. The van der Waals surface area contributed by atoms with E-state index in [0.29, 0.717) is 35.7 Å². The molecule has 2 aromatic carbocycles. The van der Waals surface area contributed by atoms with Crippen LogP contribution in [0.3, 0.4) is 0 Å². The molecule has 9 heteroatoms. The molecule has 0 saturated carbocycles. The molecule has 2 bridgehead atoms. The molecular formula is C32H36ClN3O5. The molecule has 0 radical (unpaired) electrons. The number of amides is 3. The lowest BCUT2D eigenvalue weighted by Gasteiger charge is -2.37. The Labute approximate surface area is 245 Å². The van der Waals surface area contributed by atoms with Crippen molar-refractivity contribution in [2.45, 2.75) is 43.4 Å². The number of fused-ring (bicyclic) bond motifs is 1. The van der Waals surface area contributed by atoms with Crippen molar-refractivity contribution in [3.8, 4) is 0 Å². The van der Waals surface area contributed by atoms with Crippen LogP contribution in [0, 0.1) is 11.8 Å². The average molecular weight is 578 g/mol. The fourth-order valence-corrected chi connectivity index (χ4v) is 7.44. The van der Waals surface area contributed by atoms with Gasteiger partial charge in [0.05, 0.1) is 34.8 Å². The van der Waals surface area contributed by atoms with Crippen LogP contribution in [0.5, 0.6) is 0 Å². The third kappa shape index (κ3) is 4.49. The zero-order chi connectivity index (χ0) is 29.4. The molecular weight excluding hydrogens is 542 g/mol. The maximum atomic E-state index is 14.5. The molecule has 3 saturated heterocycles. The van der Waals surface area contributed by atoms with Crippen molar-refractivity contribution in [1.82, 2.24) is 4.90 Å². The second kappa shape index (κ2) is 11.4. The molecule has 3 heterocycles. The van der Waals surface area contributed by atoms with Gasteiger partial charge in [0.2, 0.25) is 11.8 Å². The predicted octanol–water partition coefficient (Wildman–Crippen LogP) is 4.23. The number of rotatable bonds is 11. The van der Waals surface area contributed by atoms with Gasteiger partial charge in [-0.15, -0.1) is 13.2 Å². The minimum atomic E-state index is -1.23. The standard InChI is InChI=1S/C32H36ClN3O5/c1-4-18-34(22-12-8-7-9-13-22)28(38)25-26-29(39)36(20-21-37)27(32(26)17-16-31(25,6-3)41-32)30(40)35(19-5-2)24-15-11-10-14-23(24)33/h4-5,7-15,25-27,37H,1-2,6,16-21H2,3H3/t25-,26-,27?,31+,32?/m0/s1. The molecule has 1 N–H and O–H groups in total. The Morgan fingerprint density at radius 2 is 1.71 bits per heavy atom. The SMILES string of the molecule is C=CCN(C(=O)[C@@H]1[C@H]2C(=O)N(CCO)C(C(=O)N(CC=C)c3ccccc3Cl)C23CC[C@@]1(CC)O3)c1ccccc1. The summed E-state index contributed by atoms with van der Waals surface area (Å²) in [6, 6.07) is 15.2. The first-order valence-corrected chi connectivity index (χ1v) is 14.4. The summed E-state index contributed by atoms with van der Waals surface area (Å²) in [4.78, 5) is 47.8. The van der Waals surface area contributed by atoms with Crippen molar-refractivity contribution in [3.63, 3.8) is 0 Å². The number of ether oxygens (including phenoxy) is 1. The molecule has 0 aromatic heterocycles. The van der Waals surface area contributed by atoms with Gasteiger partial charge >= 0.3 is 0 Å². The summed E-state index contributed by atoms with van der Waals surface area (Å²) in [5, 5.41) is 10.4. The Hall–Kier alpha value is -3.46. The average Bonchev–Trinajstić information content (AvgIpc) is 3.59. The first kappa shape index (κ1) is 29.0. The van der Waals surface area contributed by atoms with Crippen LogP contribution in [0.2, 0.25) is 5.02 Å². The van der Waals surface area contributed by atoms with Crippen LogP contribution in [0.4, 0.5) is 11.4 Å². The zero-order valence-electron chi connectivity index (χ0n) is 23.2. The second-order valence-corrected chi connectivity index (χ2v) is 11.3. The summed E-state index contributed by atoms with van der Waals surface area (Å²) in [5.41, 5.74) is -0.941. The number of benzene rings is 2. The summed E-state index contributed by atoms with van der Waals surface area (Å²) in [7, 11) is 0. The number of anilines is 2. The summed E-state index contributed by atoms with van der Waals surface area (Å²) >= 11 is 6.51. The van der Waals surface area contributed by atoms with Crippen LogP contribution >= 0.6 is 11.6 Å². The number of likely N-dealkylation sites (tertiary alicyclic amines) is 1. The second-order valence-electron chi connectivity index (χ2n) is 10.9. The van der Waals surface area contributed by atoms with Crippen LogP contribution in [-0.4, -0.2) is 71.2 Å². The van der Waals surface area contributed by atoms with Crippen molar-refractivity contribution in [3.05, 3.63) is 84.9 Å². The van der Waals surface area contributed by atoms with E-state index in [2.05, 4.69) is 13.2 Å². The van der Waals surface area contributed by atoms with Gasteiger partial charge in [-0.2, -0.15) is 0 Å². The lowest BCUT2D eigenvalue weighted by Crippen LogP contribution is -2.57. The van der Waals surface area contributed by atoms with E-state index in [1.165, 1.54) is 9.80 Å². The Kier molecular flexibility index (Phi) is 8.10. The molecule has 1 spiro atoms. The normalized spacial score (nSPS) is 27.9. The quantitative estimate of drug-likeness (QED) is 0.404. The Balaban J connectivity index is 1.61. The minimum Gasteiger partial charge on any atom is -0.395 e. The molecule has 3 aliphatic rings. The fraction of sp³-hybridized carbons (Fsp3) is 0.406. The van der Waals surface area contributed by atoms with E-state index in [-0.39, 0.29) is 44.0 Å². The number of carbonyl (C=O) groups is 3. The molecule has 3 fully saturated rings. The maximum absolute atomic E-state index is 14.5. The summed E-state index contributed by atoms with van der Waals surface area (Å²) < 4.78 is 6.87. The highest BCUT2D eigenvalue weighted by atomic mass is 35.5. The number of aliphatic hydroxyl groups excluding tert-OH is 1. The van der Waals surface area contributed by atoms with E-state index in [1.807, 2.05) is 37.3 Å². The van der Waals surface area contributed by atoms with E-state index >= 15 is 0 Å². The number of nitrogens with zero attached hydrogens (tertiary/aromatic N) is 3. The smallest absolute Gasteiger partial charge is 0.253 e. The van der Waals surface area contributed by atoms with Gasteiger partial charge in [0.15, 0.2) is 0 Å². The highest BCUT2D eigenvalue weighted by Crippen LogP contribution is 2.64. The van der Waals surface area contributed by atoms with Gasteiger partial charge in [0.25, 0.3) is 5.91 Å². The molecule has 3 amide bonds. The number of para-hydroxylation sites is 2. The molecule has 41 heavy (non-hydrogen) atoms. The highest BCUT2D eigenvalue weighted by Gasteiger charge is 2.79. The van der Waals surface area contributed by atoms with Crippen molar-refractivity contribution in [1.29, 1.82) is 0 Å². The van der Waals surface area contributed by atoms with E-state index in [4.69, 9.17) is 16.3 Å². The Morgan fingerprint density at radius 3 is 2.34 bits per heavy atom. The van der Waals surface area contributed by atoms with Crippen molar-refractivity contribution in [2.24, 2.45) is 11.8 Å². The minimum absolute atomic E-state index is 0.0591. The van der Waals surface area contributed by atoms with Gasteiger partial charge < -0.3 is 24.5 Å². The highest BCUT2D eigenvalue weighted by molar-refractivity contribution is 6.34. The van der Waals surface area contributed by atoms with Gasteiger partial charge in [-0.1, -0.05) is 61.0 Å². The number of hydrogen-bond donors (Lipinski definition) is 1. The maximum Gasteiger partial charge on any atom is 0.253 e. The van der Waals surface area contributed by atoms with Crippen LogP contribution in [-0.2, 0) is 19.1 Å². The fourth-order valence-electron chi connectivity index (χ4n) is 7.20. The van der Waals surface area contributed by atoms with E-state index < -0.39 is 29.1 Å². The van der Waals surface area contributed by atoms with E-state index in [9.17, 15) is 19.5 Å².